The maximum Gasteiger partial charge on any atom is 0.410 e. The largest absolute Gasteiger partial charge is 0.444 e. The Bertz CT molecular complexity index is 805. The molecule has 5 atom stereocenters. The Morgan fingerprint density at radius 1 is 1.06 bits per heavy atom. The lowest BCUT2D eigenvalue weighted by Gasteiger charge is -2.44. The van der Waals surface area contributed by atoms with Gasteiger partial charge in [0.25, 0.3) is 0 Å². The van der Waals surface area contributed by atoms with Crippen LogP contribution in [-0.4, -0.2) is 64.3 Å². The maximum atomic E-state index is 13.1. The number of aliphatic hydroxyl groups is 2. The van der Waals surface area contributed by atoms with E-state index in [9.17, 15) is 15.0 Å². The summed E-state index contributed by atoms with van der Waals surface area (Å²) < 4.78 is 17.6. The number of carbonyl (C=O) groups is 1. The van der Waals surface area contributed by atoms with Crippen LogP contribution in [-0.2, 0) is 14.2 Å². The first-order valence-corrected chi connectivity index (χ1v) is 12.6. The fourth-order valence-corrected chi connectivity index (χ4v) is 4.46. The van der Waals surface area contributed by atoms with E-state index in [1.54, 1.807) is 4.90 Å². The van der Waals surface area contributed by atoms with Crippen LogP contribution in [0.15, 0.2) is 42.0 Å². The van der Waals surface area contributed by atoms with Gasteiger partial charge in [-0.3, -0.25) is 4.90 Å². The van der Waals surface area contributed by atoms with Gasteiger partial charge in [-0.05, 0) is 32.8 Å². The fourth-order valence-electron chi connectivity index (χ4n) is 4.46. The van der Waals surface area contributed by atoms with Gasteiger partial charge in [-0.15, -0.1) is 0 Å². The second-order valence-electron chi connectivity index (χ2n) is 10.3. The summed E-state index contributed by atoms with van der Waals surface area (Å²) >= 11 is 0. The number of nitrogens with zero attached hydrogens (tertiary/aromatic N) is 1. The fraction of sp³-hybridized carbons (Fsp3) is 0.667. The monoisotopic (exact) mass is 475 g/mol. The normalized spacial score (nSPS) is 27.0. The predicted octanol–water partition coefficient (Wildman–Crippen LogP) is 4.73. The number of hydrogen-bond donors (Lipinski definition) is 2. The molecular formula is C27H41NO6. The zero-order valence-electron chi connectivity index (χ0n) is 21.0. The molecule has 1 aromatic rings. The van der Waals surface area contributed by atoms with Crippen LogP contribution < -0.4 is 0 Å². The Morgan fingerprint density at radius 3 is 2.41 bits per heavy atom. The molecule has 1 amide bonds. The van der Waals surface area contributed by atoms with Gasteiger partial charge in [-0.2, -0.15) is 0 Å². The Hall–Kier alpha value is -1.93. The highest BCUT2D eigenvalue weighted by molar-refractivity contribution is 5.69. The summed E-state index contributed by atoms with van der Waals surface area (Å²) in [5, 5.41) is 22.0. The summed E-state index contributed by atoms with van der Waals surface area (Å²) in [4.78, 5) is 14.6. The Balaban J connectivity index is 1.74. The minimum atomic E-state index is -1.20. The Labute approximate surface area is 203 Å². The standard InChI is InChI=1S/C27H41NO6/c1-5-6-7-8-9-13-16-28(26(31)34-27(2,3)4)21-17-20-18-32-25(19-14-11-10-12-15-19)33-24(20)23(30)22(21)29/h10-12,14-15,17,21-25,29-30H,5-9,13,16,18H2,1-4H3/t21-,22-,23?,24+,25?/m1/s1. The molecule has 1 aliphatic carbocycles. The zero-order chi connectivity index (χ0) is 24.7. The lowest BCUT2D eigenvalue weighted by atomic mass is 9.86. The first-order chi connectivity index (χ1) is 16.2. The van der Waals surface area contributed by atoms with Crippen LogP contribution in [0.1, 0.15) is 78.1 Å². The van der Waals surface area contributed by atoms with E-state index in [4.69, 9.17) is 14.2 Å². The van der Waals surface area contributed by atoms with Crippen molar-refractivity contribution in [3.63, 3.8) is 0 Å². The van der Waals surface area contributed by atoms with E-state index in [0.717, 1.165) is 30.4 Å². The summed E-state index contributed by atoms with van der Waals surface area (Å²) in [6.45, 7) is 8.34. The third kappa shape index (κ3) is 7.04. The lowest BCUT2D eigenvalue weighted by molar-refractivity contribution is -0.228. The summed E-state index contributed by atoms with van der Waals surface area (Å²) in [5.74, 6) is 0. The molecule has 1 saturated heterocycles. The van der Waals surface area contributed by atoms with Gasteiger partial charge in [0.1, 0.15) is 23.9 Å². The highest BCUT2D eigenvalue weighted by atomic mass is 16.7. The third-order valence-electron chi connectivity index (χ3n) is 6.24. The number of fused-ring (bicyclic) bond motifs is 1. The number of aliphatic hydroxyl groups excluding tert-OH is 2. The SMILES string of the molecule is CCCCCCCCN(C(=O)OC(C)(C)C)[C@@H]1C=C2COC(c3ccccc3)O[C@@H]2C(O)[C@@H]1O. The first-order valence-electron chi connectivity index (χ1n) is 12.6. The van der Waals surface area contributed by atoms with Crippen molar-refractivity contribution < 1.29 is 29.2 Å². The van der Waals surface area contributed by atoms with Crippen molar-refractivity contribution in [3.05, 3.63) is 47.5 Å². The van der Waals surface area contributed by atoms with Crippen LogP contribution in [0, 0.1) is 0 Å². The van der Waals surface area contributed by atoms with Crippen molar-refractivity contribution in [1.82, 2.24) is 4.90 Å². The smallest absolute Gasteiger partial charge is 0.410 e. The molecule has 0 spiro atoms. The number of rotatable bonds is 9. The van der Waals surface area contributed by atoms with Crippen LogP contribution in [0.4, 0.5) is 4.79 Å². The molecule has 7 heteroatoms. The third-order valence-corrected chi connectivity index (χ3v) is 6.24. The first kappa shape index (κ1) is 26.7. The van der Waals surface area contributed by atoms with Crippen LogP contribution in [0.5, 0.6) is 0 Å². The molecule has 1 heterocycles. The van der Waals surface area contributed by atoms with Gasteiger partial charge in [0.15, 0.2) is 6.29 Å². The molecule has 1 aromatic carbocycles. The number of carbonyl (C=O) groups excluding carboxylic acids is 1. The van der Waals surface area contributed by atoms with Gasteiger partial charge < -0.3 is 24.4 Å². The van der Waals surface area contributed by atoms with Crippen LogP contribution in [0.25, 0.3) is 0 Å². The number of hydrogen-bond acceptors (Lipinski definition) is 6. The molecule has 2 N–H and O–H groups in total. The lowest BCUT2D eigenvalue weighted by Crippen LogP contribution is -2.59. The van der Waals surface area contributed by atoms with Crippen molar-refractivity contribution in [1.29, 1.82) is 0 Å². The molecule has 3 rings (SSSR count). The van der Waals surface area contributed by atoms with Crippen molar-refractivity contribution in [2.75, 3.05) is 13.2 Å². The van der Waals surface area contributed by atoms with Crippen LogP contribution in [0.3, 0.4) is 0 Å². The molecule has 0 bridgehead atoms. The summed E-state index contributed by atoms with van der Waals surface area (Å²) in [6, 6.07) is 8.80. The zero-order valence-corrected chi connectivity index (χ0v) is 21.0. The summed E-state index contributed by atoms with van der Waals surface area (Å²) in [6.07, 6.45) is 4.09. The predicted molar refractivity (Wildman–Crippen MR) is 130 cm³/mol. The van der Waals surface area contributed by atoms with Gasteiger partial charge in [0.05, 0.1) is 12.6 Å². The quantitative estimate of drug-likeness (QED) is 0.397. The maximum absolute atomic E-state index is 13.1. The molecule has 0 aromatic heterocycles. The molecular weight excluding hydrogens is 434 g/mol. The Kier molecular flexibility index (Phi) is 9.54. The molecule has 2 unspecified atom stereocenters. The molecule has 7 nitrogen and oxygen atoms in total. The molecule has 190 valence electrons. The highest BCUT2D eigenvalue weighted by Gasteiger charge is 2.46. The van der Waals surface area contributed by atoms with Crippen LogP contribution in [0.2, 0.25) is 0 Å². The van der Waals surface area contributed by atoms with E-state index in [1.807, 2.05) is 57.2 Å². The molecule has 34 heavy (non-hydrogen) atoms. The van der Waals surface area contributed by atoms with Gasteiger partial charge in [0.2, 0.25) is 0 Å². The van der Waals surface area contributed by atoms with E-state index in [2.05, 4.69) is 6.92 Å². The summed E-state index contributed by atoms with van der Waals surface area (Å²) in [7, 11) is 0. The van der Waals surface area contributed by atoms with E-state index >= 15 is 0 Å². The van der Waals surface area contributed by atoms with Crippen molar-refractivity contribution in [2.24, 2.45) is 0 Å². The number of amides is 1. The molecule has 0 saturated carbocycles. The average Bonchev–Trinajstić information content (AvgIpc) is 2.80. The second kappa shape index (κ2) is 12.2. The number of ether oxygens (including phenoxy) is 3. The van der Waals surface area contributed by atoms with E-state index in [-0.39, 0.29) is 6.61 Å². The molecule has 0 radical (unpaired) electrons. The van der Waals surface area contributed by atoms with Gasteiger partial charge in [-0.1, -0.05) is 75.4 Å². The van der Waals surface area contributed by atoms with Crippen molar-refractivity contribution in [2.45, 2.75) is 102 Å². The van der Waals surface area contributed by atoms with Gasteiger partial charge >= 0.3 is 6.09 Å². The van der Waals surface area contributed by atoms with Crippen molar-refractivity contribution in [3.8, 4) is 0 Å². The van der Waals surface area contributed by atoms with Gasteiger partial charge in [0, 0.05) is 12.1 Å². The Morgan fingerprint density at radius 2 is 1.74 bits per heavy atom. The minimum Gasteiger partial charge on any atom is -0.444 e. The topological polar surface area (TPSA) is 88.5 Å². The minimum absolute atomic E-state index is 0.254. The second-order valence-corrected chi connectivity index (χ2v) is 10.3. The molecule has 2 aliphatic rings. The van der Waals surface area contributed by atoms with E-state index in [0.29, 0.717) is 6.54 Å². The molecule has 1 fully saturated rings. The highest BCUT2D eigenvalue weighted by Crippen LogP contribution is 2.36. The van der Waals surface area contributed by atoms with Crippen molar-refractivity contribution >= 4 is 6.09 Å². The average molecular weight is 476 g/mol. The number of benzene rings is 1. The summed E-state index contributed by atoms with van der Waals surface area (Å²) in [5.41, 5.74) is 0.917. The van der Waals surface area contributed by atoms with E-state index < -0.39 is 42.3 Å². The molecule has 1 aliphatic heterocycles. The van der Waals surface area contributed by atoms with E-state index in [1.165, 1.54) is 19.3 Å². The van der Waals surface area contributed by atoms with Gasteiger partial charge in [-0.25, -0.2) is 4.79 Å². The van der Waals surface area contributed by atoms with Crippen LogP contribution >= 0.6 is 0 Å². The number of unbranched alkanes of at least 4 members (excludes halogenated alkanes) is 5.